The summed E-state index contributed by atoms with van der Waals surface area (Å²) in [6, 6.07) is 25.4. The number of amides is 1. The molecule has 0 aliphatic carbocycles. The first kappa shape index (κ1) is 19.5. The Labute approximate surface area is 176 Å². The highest BCUT2D eigenvalue weighted by Gasteiger charge is 2.15. The molecule has 0 radical (unpaired) electrons. The molecule has 150 valence electrons. The molecule has 0 bridgehead atoms. The van der Waals surface area contributed by atoms with Crippen LogP contribution in [0.3, 0.4) is 0 Å². The SMILES string of the molecule is COc1cc2cc(C(=O)Nc3ccccc3)cc(-c3ccc(C)cc3)c2cc1OC. The zero-order chi connectivity index (χ0) is 21.1. The number of fused-ring (bicyclic) bond motifs is 1. The molecule has 0 aliphatic heterocycles. The fourth-order valence-corrected chi connectivity index (χ4v) is 3.52. The van der Waals surface area contributed by atoms with Gasteiger partial charge in [-0.2, -0.15) is 0 Å². The lowest BCUT2D eigenvalue weighted by atomic mass is 9.94. The van der Waals surface area contributed by atoms with Crippen molar-refractivity contribution in [2.75, 3.05) is 19.5 Å². The van der Waals surface area contributed by atoms with Crippen LogP contribution in [0.2, 0.25) is 0 Å². The minimum atomic E-state index is -0.161. The molecule has 0 heterocycles. The summed E-state index contributed by atoms with van der Waals surface area (Å²) in [5, 5.41) is 4.87. The maximum Gasteiger partial charge on any atom is 0.255 e. The van der Waals surface area contributed by atoms with Crippen LogP contribution in [-0.2, 0) is 0 Å². The van der Waals surface area contributed by atoms with E-state index in [-0.39, 0.29) is 5.91 Å². The summed E-state index contributed by atoms with van der Waals surface area (Å²) in [4.78, 5) is 13.0. The summed E-state index contributed by atoms with van der Waals surface area (Å²) in [6.07, 6.45) is 0. The minimum absolute atomic E-state index is 0.161. The maximum absolute atomic E-state index is 13.0. The molecule has 4 nitrogen and oxygen atoms in total. The molecule has 0 saturated carbocycles. The van der Waals surface area contributed by atoms with Crippen LogP contribution in [0.15, 0.2) is 78.9 Å². The third kappa shape index (κ3) is 3.85. The van der Waals surface area contributed by atoms with Crippen molar-refractivity contribution in [3.05, 3.63) is 90.0 Å². The second-order valence-electron chi connectivity index (χ2n) is 7.14. The van der Waals surface area contributed by atoms with Crippen molar-refractivity contribution in [1.29, 1.82) is 0 Å². The number of anilines is 1. The molecule has 0 unspecified atom stereocenters. The highest BCUT2D eigenvalue weighted by atomic mass is 16.5. The van der Waals surface area contributed by atoms with Crippen LogP contribution in [-0.4, -0.2) is 20.1 Å². The smallest absolute Gasteiger partial charge is 0.255 e. The fraction of sp³-hybridized carbons (Fsp3) is 0.115. The highest BCUT2D eigenvalue weighted by molar-refractivity contribution is 6.10. The summed E-state index contributed by atoms with van der Waals surface area (Å²) in [7, 11) is 3.23. The lowest BCUT2D eigenvalue weighted by Gasteiger charge is -2.15. The Hall–Kier alpha value is -3.79. The molecule has 1 N–H and O–H groups in total. The molecule has 0 aromatic heterocycles. The van der Waals surface area contributed by atoms with Crippen molar-refractivity contribution in [3.8, 4) is 22.6 Å². The number of hydrogen-bond donors (Lipinski definition) is 1. The predicted octanol–water partition coefficient (Wildman–Crippen LogP) is 6.08. The molecule has 4 aromatic rings. The van der Waals surface area contributed by atoms with Gasteiger partial charge in [-0.15, -0.1) is 0 Å². The fourth-order valence-electron chi connectivity index (χ4n) is 3.52. The van der Waals surface area contributed by atoms with Crippen molar-refractivity contribution >= 4 is 22.4 Å². The number of aryl methyl sites for hydroxylation is 1. The van der Waals surface area contributed by atoms with Crippen LogP contribution in [0.4, 0.5) is 5.69 Å². The van der Waals surface area contributed by atoms with Gasteiger partial charge in [-0.3, -0.25) is 4.79 Å². The van der Waals surface area contributed by atoms with E-state index in [0.717, 1.165) is 27.6 Å². The largest absolute Gasteiger partial charge is 0.493 e. The van der Waals surface area contributed by atoms with E-state index in [2.05, 4.69) is 36.5 Å². The van der Waals surface area contributed by atoms with Crippen LogP contribution in [0.1, 0.15) is 15.9 Å². The summed E-state index contributed by atoms with van der Waals surface area (Å²) < 4.78 is 11.0. The average molecular weight is 397 g/mol. The van der Waals surface area contributed by atoms with Gasteiger partial charge in [-0.25, -0.2) is 0 Å². The number of hydrogen-bond acceptors (Lipinski definition) is 3. The second kappa shape index (κ2) is 8.29. The number of carbonyl (C=O) groups excluding carboxylic acids is 1. The van der Waals surface area contributed by atoms with E-state index in [4.69, 9.17) is 9.47 Å². The zero-order valence-electron chi connectivity index (χ0n) is 17.2. The lowest BCUT2D eigenvalue weighted by Crippen LogP contribution is -2.12. The van der Waals surface area contributed by atoms with Gasteiger partial charge >= 0.3 is 0 Å². The molecule has 0 atom stereocenters. The number of methoxy groups -OCH3 is 2. The Bertz CT molecular complexity index is 1200. The summed E-state index contributed by atoms with van der Waals surface area (Å²) in [5.41, 5.74) is 4.51. The van der Waals surface area contributed by atoms with E-state index in [1.54, 1.807) is 14.2 Å². The molecule has 1 amide bonds. The first-order valence-electron chi connectivity index (χ1n) is 9.72. The van der Waals surface area contributed by atoms with E-state index in [0.29, 0.717) is 17.1 Å². The van der Waals surface area contributed by atoms with Gasteiger partial charge < -0.3 is 14.8 Å². The van der Waals surface area contributed by atoms with Gasteiger partial charge in [-0.1, -0.05) is 48.0 Å². The first-order chi connectivity index (χ1) is 14.6. The number of rotatable bonds is 5. The Kier molecular flexibility index (Phi) is 5.40. The van der Waals surface area contributed by atoms with Crippen LogP contribution >= 0.6 is 0 Å². The summed E-state index contributed by atoms with van der Waals surface area (Å²) in [6.45, 7) is 2.06. The van der Waals surface area contributed by atoms with Crippen molar-refractivity contribution in [1.82, 2.24) is 0 Å². The lowest BCUT2D eigenvalue weighted by molar-refractivity contribution is 0.102. The number of nitrogens with one attached hydrogen (secondary N) is 1. The van der Waals surface area contributed by atoms with Gasteiger partial charge in [0.2, 0.25) is 0 Å². The molecule has 0 fully saturated rings. The second-order valence-corrected chi connectivity index (χ2v) is 7.14. The number of ether oxygens (including phenoxy) is 2. The highest BCUT2D eigenvalue weighted by Crippen LogP contribution is 2.38. The quantitative estimate of drug-likeness (QED) is 0.444. The van der Waals surface area contributed by atoms with Crippen LogP contribution in [0.5, 0.6) is 11.5 Å². The topological polar surface area (TPSA) is 47.6 Å². The summed E-state index contributed by atoms with van der Waals surface area (Å²) in [5.74, 6) is 1.12. The third-order valence-corrected chi connectivity index (χ3v) is 5.11. The van der Waals surface area contributed by atoms with E-state index >= 15 is 0 Å². The van der Waals surface area contributed by atoms with Gasteiger partial charge in [0.1, 0.15) is 0 Å². The van der Waals surface area contributed by atoms with Gasteiger partial charge in [0, 0.05) is 11.3 Å². The Balaban J connectivity index is 1.89. The molecule has 4 aromatic carbocycles. The van der Waals surface area contributed by atoms with Gasteiger partial charge in [0.15, 0.2) is 11.5 Å². The minimum Gasteiger partial charge on any atom is -0.493 e. The average Bonchev–Trinajstić information content (AvgIpc) is 2.78. The van der Waals surface area contributed by atoms with Gasteiger partial charge in [-0.05, 0) is 65.2 Å². The van der Waals surface area contributed by atoms with E-state index in [1.807, 2.05) is 54.6 Å². The number of benzene rings is 4. The van der Waals surface area contributed by atoms with Crippen LogP contribution < -0.4 is 14.8 Å². The monoisotopic (exact) mass is 397 g/mol. The molecule has 4 heteroatoms. The number of para-hydroxylation sites is 1. The van der Waals surface area contributed by atoms with Gasteiger partial charge in [0.05, 0.1) is 14.2 Å². The van der Waals surface area contributed by atoms with E-state index < -0.39 is 0 Å². The molecule has 0 saturated heterocycles. The van der Waals surface area contributed by atoms with Crippen molar-refractivity contribution in [2.24, 2.45) is 0 Å². The van der Waals surface area contributed by atoms with E-state index in [1.165, 1.54) is 5.56 Å². The van der Waals surface area contributed by atoms with Crippen LogP contribution in [0, 0.1) is 6.92 Å². The Morgan fingerprint density at radius 2 is 1.47 bits per heavy atom. The standard InChI is InChI=1S/C26H23NO3/c1-17-9-11-18(12-10-17)22-14-20(26(28)27-21-7-5-4-6-8-21)13-19-15-24(29-2)25(30-3)16-23(19)22/h4-16H,1-3H3,(H,27,28). The number of carbonyl (C=O) groups is 1. The molecular weight excluding hydrogens is 374 g/mol. The Morgan fingerprint density at radius 1 is 0.800 bits per heavy atom. The Morgan fingerprint density at radius 3 is 2.13 bits per heavy atom. The normalized spacial score (nSPS) is 10.6. The summed E-state index contributed by atoms with van der Waals surface area (Å²) >= 11 is 0. The molecule has 0 aliphatic rings. The van der Waals surface area contributed by atoms with Crippen LogP contribution in [0.25, 0.3) is 21.9 Å². The van der Waals surface area contributed by atoms with Gasteiger partial charge in [0.25, 0.3) is 5.91 Å². The van der Waals surface area contributed by atoms with Crippen molar-refractivity contribution in [3.63, 3.8) is 0 Å². The van der Waals surface area contributed by atoms with Crippen molar-refractivity contribution in [2.45, 2.75) is 6.92 Å². The van der Waals surface area contributed by atoms with E-state index in [9.17, 15) is 4.79 Å². The maximum atomic E-state index is 13.0. The molecular formula is C26H23NO3. The predicted molar refractivity (Wildman–Crippen MR) is 122 cm³/mol. The first-order valence-corrected chi connectivity index (χ1v) is 9.72. The molecule has 0 spiro atoms. The third-order valence-electron chi connectivity index (χ3n) is 5.11. The zero-order valence-corrected chi connectivity index (χ0v) is 17.2. The molecule has 4 rings (SSSR count). The molecule has 30 heavy (non-hydrogen) atoms. The van der Waals surface area contributed by atoms with Crippen molar-refractivity contribution < 1.29 is 14.3 Å².